The second-order valence-corrected chi connectivity index (χ2v) is 5.34. The van der Waals surface area contributed by atoms with Gasteiger partial charge in [-0.1, -0.05) is 20.8 Å². The molecule has 1 aliphatic rings. The molecule has 2 amide bonds. The average molecular weight is 240 g/mol. The monoisotopic (exact) mass is 240 g/mol. The summed E-state index contributed by atoms with van der Waals surface area (Å²) in [6, 6.07) is -0.0267. The maximum absolute atomic E-state index is 12.0. The van der Waals surface area contributed by atoms with Crippen molar-refractivity contribution in [3.63, 3.8) is 0 Å². The summed E-state index contributed by atoms with van der Waals surface area (Å²) < 4.78 is 0. The number of amides is 2. The van der Waals surface area contributed by atoms with Crippen LogP contribution in [0.4, 0.5) is 0 Å². The Bertz CT molecular complexity index is 289. The van der Waals surface area contributed by atoms with Gasteiger partial charge in [0, 0.05) is 12.6 Å². The van der Waals surface area contributed by atoms with Crippen molar-refractivity contribution in [3.05, 3.63) is 0 Å². The van der Waals surface area contributed by atoms with Crippen molar-refractivity contribution in [2.75, 3.05) is 6.54 Å². The number of hydrogen-bond acceptors (Lipinski definition) is 3. The predicted molar refractivity (Wildman–Crippen MR) is 67.5 cm³/mol. The highest BCUT2D eigenvalue weighted by atomic mass is 16.2. The van der Waals surface area contributed by atoms with Gasteiger partial charge in [-0.25, -0.2) is 0 Å². The SMILES string of the molecule is CCCN1C(=O)CC(NC(C)CC(C)C)C1=O. The number of likely N-dealkylation sites (tertiary alicyclic amines) is 1. The van der Waals surface area contributed by atoms with Gasteiger partial charge in [-0.2, -0.15) is 0 Å². The van der Waals surface area contributed by atoms with Gasteiger partial charge in [0.05, 0.1) is 12.5 Å². The lowest BCUT2D eigenvalue weighted by Crippen LogP contribution is -2.43. The summed E-state index contributed by atoms with van der Waals surface area (Å²) in [6.07, 6.45) is 2.17. The summed E-state index contributed by atoms with van der Waals surface area (Å²) in [6.45, 7) is 8.91. The fourth-order valence-electron chi connectivity index (χ4n) is 2.39. The van der Waals surface area contributed by atoms with E-state index in [1.54, 1.807) is 0 Å². The van der Waals surface area contributed by atoms with Gasteiger partial charge in [0.1, 0.15) is 0 Å². The van der Waals surface area contributed by atoms with Crippen LogP contribution in [-0.4, -0.2) is 35.3 Å². The van der Waals surface area contributed by atoms with E-state index in [-0.39, 0.29) is 23.9 Å². The lowest BCUT2D eigenvalue weighted by molar-refractivity contribution is -0.138. The molecule has 98 valence electrons. The number of carbonyl (C=O) groups is 2. The molecule has 4 nitrogen and oxygen atoms in total. The van der Waals surface area contributed by atoms with Crippen molar-refractivity contribution in [2.24, 2.45) is 5.92 Å². The quantitative estimate of drug-likeness (QED) is 0.717. The van der Waals surface area contributed by atoms with E-state index in [9.17, 15) is 9.59 Å². The second kappa shape index (κ2) is 6.15. The first kappa shape index (κ1) is 14.2. The summed E-state index contributed by atoms with van der Waals surface area (Å²) in [7, 11) is 0. The molecule has 1 rings (SSSR count). The standard InChI is InChI=1S/C13H24N2O2/c1-5-6-15-12(16)8-11(13(15)17)14-10(4)7-9(2)3/h9-11,14H,5-8H2,1-4H3. The van der Waals surface area contributed by atoms with Crippen molar-refractivity contribution in [2.45, 2.75) is 59.0 Å². The normalized spacial score (nSPS) is 22.6. The molecule has 0 aromatic carbocycles. The van der Waals surface area contributed by atoms with E-state index in [1.807, 2.05) is 6.92 Å². The highest BCUT2D eigenvalue weighted by Gasteiger charge is 2.38. The van der Waals surface area contributed by atoms with E-state index < -0.39 is 0 Å². The number of nitrogens with zero attached hydrogens (tertiary/aromatic N) is 1. The first-order chi connectivity index (χ1) is 7.95. The smallest absolute Gasteiger partial charge is 0.246 e. The van der Waals surface area contributed by atoms with Crippen LogP contribution in [0.25, 0.3) is 0 Å². The van der Waals surface area contributed by atoms with Gasteiger partial charge >= 0.3 is 0 Å². The van der Waals surface area contributed by atoms with E-state index in [0.29, 0.717) is 18.9 Å². The Morgan fingerprint density at radius 1 is 1.35 bits per heavy atom. The Hall–Kier alpha value is -0.900. The number of rotatable bonds is 6. The Kier molecular flexibility index (Phi) is 5.12. The molecular formula is C13H24N2O2. The molecule has 4 heteroatoms. The van der Waals surface area contributed by atoms with Gasteiger partial charge in [0.2, 0.25) is 11.8 Å². The van der Waals surface area contributed by atoms with E-state index in [4.69, 9.17) is 0 Å². The minimum atomic E-state index is -0.303. The predicted octanol–water partition coefficient (Wildman–Crippen LogP) is 1.55. The maximum atomic E-state index is 12.0. The second-order valence-electron chi connectivity index (χ2n) is 5.34. The lowest BCUT2D eigenvalue weighted by Gasteiger charge is -2.20. The fourth-order valence-corrected chi connectivity index (χ4v) is 2.39. The third-order valence-electron chi connectivity index (χ3n) is 3.00. The summed E-state index contributed by atoms with van der Waals surface area (Å²) in [5.74, 6) is 0.509. The van der Waals surface area contributed by atoms with E-state index >= 15 is 0 Å². The molecule has 0 aromatic heterocycles. The van der Waals surface area contributed by atoms with Crippen LogP contribution < -0.4 is 5.32 Å². The molecule has 1 fully saturated rings. The zero-order chi connectivity index (χ0) is 13.0. The molecule has 2 atom stereocenters. The zero-order valence-corrected chi connectivity index (χ0v) is 11.3. The molecule has 1 aliphatic heterocycles. The average Bonchev–Trinajstić information content (AvgIpc) is 2.45. The first-order valence-corrected chi connectivity index (χ1v) is 6.56. The Morgan fingerprint density at radius 3 is 2.53 bits per heavy atom. The van der Waals surface area contributed by atoms with Crippen LogP contribution in [0.15, 0.2) is 0 Å². The summed E-state index contributed by atoms with van der Waals surface area (Å²) >= 11 is 0. The van der Waals surface area contributed by atoms with E-state index in [2.05, 4.69) is 26.1 Å². The molecule has 0 radical (unpaired) electrons. The lowest BCUT2D eigenvalue weighted by atomic mass is 10.0. The van der Waals surface area contributed by atoms with E-state index in [0.717, 1.165) is 12.8 Å². The van der Waals surface area contributed by atoms with Gasteiger partial charge in [-0.3, -0.25) is 14.5 Å². The Morgan fingerprint density at radius 2 is 2.00 bits per heavy atom. The molecule has 0 saturated carbocycles. The Balaban J connectivity index is 2.51. The van der Waals surface area contributed by atoms with Crippen LogP contribution >= 0.6 is 0 Å². The number of imide groups is 1. The molecule has 1 heterocycles. The number of nitrogens with one attached hydrogen (secondary N) is 1. The van der Waals surface area contributed by atoms with E-state index in [1.165, 1.54) is 4.90 Å². The van der Waals surface area contributed by atoms with Crippen LogP contribution in [0.5, 0.6) is 0 Å². The van der Waals surface area contributed by atoms with Crippen molar-refractivity contribution in [3.8, 4) is 0 Å². The van der Waals surface area contributed by atoms with Crippen molar-refractivity contribution >= 4 is 11.8 Å². The van der Waals surface area contributed by atoms with Crippen LogP contribution in [0.1, 0.15) is 47.0 Å². The van der Waals surface area contributed by atoms with Gasteiger partial charge in [0.15, 0.2) is 0 Å². The minimum absolute atomic E-state index is 0.0360. The minimum Gasteiger partial charge on any atom is -0.303 e. The third-order valence-corrected chi connectivity index (χ3v) is 3.00. The molecular weight excluding hydrogens is 216 g/mol. The molecule has 1 N–H and O–H groups in total. The zero-order valence-electron chi connectivity index (χ0n) is 11.3. The maximum Gasteiger partial charge on any atom is 0.246 e. The summed E-state index contributed by atoms with van der Waals surface area (Å²) in [4.78, 5) is 25.0. The van der Waals surface area contributed by atoms with Crippen LogP contribution in [0.2, 0.25) is 0 Å². The van der Waals surface area contributed by atoms with Crippen molar-refractivity contribution in [1.82, 2.24) is 10.2 Å². The molecule has 0 aliphatic carbocycles. The summed E-state index contributed by atoms with van der Waals surface area (Å²) in [5, 5.41) is 3.27. The fraction of sp³-hybridized carbons (Fsp3) is 0.846. The third kappa shape index (κ3) is 3.80. The van der Waals surface area contributed by atoms with Gasteiger partial charge in [0.25, 0.3) is 0 Å². The largest absolute Gasteiger partial charge is 0.303 e. The van der Waals surface area contributed by atoms with Gasteiger partial charge in [-0.05, 0) is 25.7 Å². The molecule has 0 bridgehead atoms. The van der Waals surface area contributed by atoms with Gasteiger partial charge in [-0.15, -0.1) is 0 Å². The molecule has 0 spiro atoms. The highest BCUT2D eigenvalue weighted by molar-refractivity contribution is 6.05. The van der Waals surface area contributed by atoms with Gasteiger partial charge < -0.3 is 5.32 Å². The number of carbonyl (C=O) groups excluding carboxylic acids is 2. The van der Waals surface area contributed by atoms with Crippen LogP contribution in [0.3, 0.4) is 0 Å². The molecule has 2 unspecified atom stereocenters. The first-order valence-electron chi connectivity index (χ1n) is 6.56. The molecule has 0 aromatic rings. The highest BCUT2D eigenvalue weighted by Crippen LogP contribution is 2.15. The Labute approximate surface area is 104 Å². The topological polar surface area (TPSA) is 49.4 Å². The van der Waals surface area contributed by atoms with Crippen LogP contribution in [0, 0.1) is 5.92 Å². The van der Waals surface area contributed by atoms with Crippen LogP contribution in [-0.2, 0) is 9.59 Å². The van der Waals surface area contributed by atoms with Crippen molar-refractivity contribution in [1.29, 1.82) is 0 Å². The van der Waals surface area contributed by atoms with Crippen molar-refractivity contribution < 1.29 is 9.59 Å². The molecule has 17 heavy (non-hydrogen) atoms. The summed E-state index contributed by atoms with van der Waals surface area (Å²) in [5.41, 5.74) is 0. The molecule has 1 saturated heterocycles. The number of hydrogen-bond donors (Lipinski definition) is 1.